The molecule has 1 aliphatic rings. The van der Waals surface area contributed by atoms with Crippen LogP contribution in [-0.4, -0.2) is 48.0 Å². The van der Waals surface area contributed by atoms with E-state index in [-0.39, 0.29) is 16.7 Å². The molecule has 1 unspecified atom stereocenters. The number of H-pyrrole nitrogens is 1. The Labute approximate surface area is 197 Å². The second kappa shape index (κ2) is 8.57. The zero-order chi connectivity index (χ0) is 23.9. The summed E-state index contributed by atoms with van der Waals surface area (Å²) < 4.78 is 29.8. The first kappa shape index (κ1) is 22.1. The lowest BCUT2D eigenvalue weighted by Crippen LogP contribution is -2.34. The van der Waals surface area contributed by atoms with Crippen molar-refractivity contribution in [1.82, 2.24) is 15.0 Å². The molecule has 3 heterocycles. The molecule has 1 fully saturated rings. The number of anilines is 1. The van der Waals surface area contributed by atoms with Crippen molar-refractivity contribution in [3.63, 3.8) is 0 Å². The number of ether oxygens (including phenoxy) is 1. The summed E-state index contributed by atoms with van der Waals surface area (Å²) in [7, 11) is -3.30. The Kier molecular flexibility index (Phi) is 5.57. The summed E-state index contributed by atoms with van der Waals surface area (Å²) in [6.45, 7) is 2.35. The van der Waals surface area contributed by atoms with Gasteiger partial charge in [0.05, 0.1) is 27.7 Å². The van der Waals surface area contributed by atoms with Crippen LogP contribution >= 0.6 is 0 Å². The van der Waals surface area contributed by atoms with E-state index in [1.807, 2.05) is 30.3 Å². The lowest BCUT2D eigenvalue weighted by Gasteiger charge is -2.27. The Morgan fingerprint density at radius 1 is 1.15 bits per heavy atom. The number of sulfone groups is 1. The van der Waals surface area contributed by atoms with Crippen LogP contribution in [-0.2, 0) is 14.6 Å². The molecule has 34 heavy (non-hydrogen) atoms. The molecule has 5 rings (SSSR count). The van der Waals surface area contributed by atoms with Crippen LogP contribution in [0.25, 0.3) is 22.6 Å². The van der Waals surface area contributed by atoms with Crippen molar-refractivity contribution in [1.29, 1.82) is 0 Å². The summed E-state index contributed by atoms with van der Waals surface area (Å²) in [5.74, 6) is 1.79. The van der Waals surface area contributed by atoms with Gasteiger partial charge < -0.3 is 14.6 Å². The maximum absolute atomic E-state index is 12.3. The highest BCUT2D eigenvalue weighted by atomic mass is 32.2. The van der Waals surface area contributed by atoms with E-state index >= 15 is 0 Å². The average Bonchev–Trinajstić information content (AvgIpc) is 3.46. The van der Waals surface area contributed by atoms with Crippen molar-refractivity contribution in [2.45, 2.75) is 30.7 Å². The number of nitrogens with one attached hydrogen (secondary N) is 1. The van der Waals surface area contributed by atoms with Gasteiger partial charge >= 0.3 is 0 Å². The quantitative estimate of drug-likeness (QED) is 0.440. The molecule has 1 aliphatic heterocycles. The van der Waals surface area contributed by atoms with Crippen LogP contribution in [0.4, 0.5) is 5.69 Å². The lowest BCUT2D eigenvalue weighted by atomic mass is 10.1. The standard InChI is InChI=1S/C25H24N4O4S/c1-16(30)22-7-5-13-29(22)23-14-20-21(28-25(27-20)19-6-3-4-12-26-19)15-24(23)33-17-8-10-18(11-9-17)34(2,31)32/h3-4,6,8-12,14-15,22H,5,7,13H2,1-2H3,(H,27,28). The van der Waals surface area contributed by atoms with Gasteiger partial charge in [-0.3, -0.25) is 9.78 Å². The average molecular weight is 477 g/mol. The number of ketones is 1. The molecule has 2 aromatic carbocycles. The number of aromatic nitrogens is 3. The highest BCUT2D eigenvalue weighted by molar-refractivity contribution is 7.90. The molecule has 0 bridgehead atoms. The van der Waals surface area contributed by atoms with Gasteiger partial charge in [0, 0.05) is 25.1 Å². The number of hydrogen-bond acceptors (Lipinski definition) is 7. The van der Waals surface area contributed by atoms with Crippen molar-refractivity contribution in [3.05, 3.63) is 60.8 Å². The molecule has 2 aromatic heterocycles. The first-order valence-corrected chi connectivity index (χ1v) is 12.9. The fourth-order valence-electron chi connectivity index (χ4n) is 4.32. The molecule has 0 aliphatic carbocycles. The van der Waals surface area contributed by atoms with Gasteiger partial charge in [-0.1, -0.05) is 6.07 Å². The normalized spacial score (nSPS) is 16.2. The summed E-state index contributed by atoms with van der Waals surface area (Å²) >= 11 is 0. The van der Waals surface area contributed by atoms with Gasteiger partial charge in [0.25, 0.3) is 0 Å². The minimum Gasteiger partial charge on any atom is -0.455 e. The number of hydrogen-bond donors (Lipinski definition) is 1. The third-order valence-electron chi connectivity index (χ3n) is 5.98. The van der Waals surface area contributed by atoms with Crippen molar-refractivity contribution < 1.29 is 17.9 Å². The highest BCUT2D eigenvalue weighted by Gasteiger charge is 2.31. The Hall–Kier alpha value is -3.72. The predicted molar refractivity (Wildman–Crippen MR) is 130 cm³/mol. The van der Waals surface area contributed by atoms with E-state index in [2.05, 4.69) is 14.9 Å². The minimum absolute atomic E-state index is 0.111. The van der Waals surface area contributed by atoms with Crippen LogP contribution in [0.2, 0.25) is 0 Å². The second-order valence-corrected chi connectivity index (χ2v) is 10.5. The molecule has 4 aromatic rings. The summed E-state index contributed by atoms with van der Waals surface area (Å²) in [6, 6.07) is 15.5. The van der Waals surface area contributed by atoms with Gasteiger partial charge in [0.15, 0.2) is 27.2 Å². The number of rotatable bonds is 6. The fraction of sp³-hybridized carbons (Fsp3) is 0.240. The van der Waals surface area contributed by atoms with Crippen LogP contribution in [0.3, 0.4) is 0 Å². The first-order chi connectivity index (χ1) is 16.3. The topological polar surface area (TPSA) is 105 Å². The lowest BCUT2D eigenvalue weighted by molar-refractivity contribution is -0.118. The summed E-state index contributed by atoms with van der Waals surface area (Å²) in [5, 5.41) is 0. The van der Waals surface area contributed by atoms with E-state index in [0.29, 0.717) is 22.8 Å². The number of imidazole rings is 1. The molecule has 8 nitrogen and oxygen atoms in total. The molecule has 0 saturated carbocycles. The van der Waals surface area contributed by atoms with Crippen LogP contribution < -0.4 is 9.64 Å². The fourth-order valence-corrected chi connectivity index (χ4v) is 4.95. The van der Waals surface area contributed by atoms with Gasteiger partial charge in [-0.25, -0.2) is 13.4 Å². The molecule has 9 heteroatoms. The van der Waals surface area contributed by atoms with Crippen LogP contribution in [0, 0.1) is 0 Å². The van der Waals surface area contributed by atoms with E-state index in [4.69, 9.17) is 9.72 Å². The predicted octanol–water partition coefficient (Wildman–Crippen LogP) is 4.38. The number of Topliss-reactive ketones (excluding diaryl/α,β-unsaturated/α-hetero) is 1. The van der Waals surface area contributed by atoms with Crippen LogP contribution in [0.1, 0.15) is 19.8 Å². The Morgan fingerprint density at radius 2 is 1.94 bits per heavy atom. The monoisotopic (exact) mass is 476 g/mol. The minimum atomic E-state index is -3.30. The third kappa shape index (κ3) is 4.26. The van der Waals surface area contributed by atoms with Crippen molar-refractivity contribution in [3.8, 4) is 23.0 Å². The number of aromatic amines is 1. The van der Waals surface area contributed by atoms with Crippen molar-refractivity contribution in [2.24, 2.45) is 0 Å². The Morgan fingerprint density at radius 3 is 2.62 bits per heavy atom. The van der Waals surface area contributed by atoms with Gasteiger partial charge in [-0.2, -0.15) is 0 Å². The van der Waals surface area contributed by atoms with E-state index in [9.17, 15) is 13.2 Å². The van der Waals surface area contributed by atoms with E-state index in [1.165, 1.54) is 18.4 Å². The SMILES string of the molecule is CC(=O)C1CCCN1c1cc2[nH]c(-c3ccccn3)nc2cc1Oc1ccc(S(C)(=O)=O)cc1. The van der Waals surface area contributed by atoms with Crippen molar-refractivity contribution >= 4 is 32.3 Å². The number of carbonyl (C=O) groups excluding carboxylic acids is 1. The summed E-state index contributed by atoms with van der Waals surface area (Å²) in [6.07, 6.45) is 4.58. The Bertz CT molecular complexity index is 1460. The maximum atomic E-state index is 12.3. The number of nitrogens with zero attached hydrogens (tertiary/aromatic N) is 3. The zero-order valence-corrected chi connectivity index (χ0v) is 19.7. The molecule has 0 radical (unpaired) electrons. The Balaban J connectivity index is 1.59. The van der Waals surface area contributed by atoms with E-state index in [0.717, 1.165) is 36.3 Å². The van der Waals surface area contributed by atoms with Gasteiger partial charge in [0.2, 0.25) is 0 Å². The maximum Gasteiger partial charge on any atom is 0.175 e. The zero-order valence-electron chi connectivity index (χ0n) is 18.9. The molecular formula is C25H24N4O4S. The highest BCUT2D eigenvalue weighted by Crippen LogP contribution is 2.40. The molecule has 1 saturated heterocycles. The first-order valence-electron chi connectivity index (χ1n) is 11.0. The largest absolute Gasteiger partial charge is 0.455 e. The third-order valence-corrected chi connectivity index (χ3v) is 7.11. The number of carbonyl (C=O) groups is 1. The summed E-state index contributed by atoms with van der Waals surface area (Å²) in [5.41, 5.74) is 3.02. The second-order valence-electron chi connectivity index (χ2n) is 8.45. The molecule has 1 N–H and O–H groups in total. The van der Waals surface area contributed by atoms with Crippen LogP contribution in [0.15, 0.2) is 65.7 Å². The smallest absolute Gasteiger partial charge is 0.175 e. The molecule has 174 valence electrons. The molecule has 0 amide bonds. The molecule has 1 atom stereocenters. The number of benzene rings is 2. The van der Waals surface area contributed by atoms with Gasteiger partial charge in [-0.15, -0.1) is 0 Å². The van der Waals surface area contributed by atoms with E-state index < -0.39 is 9.84 Å². The van der Waals surface area contributed by atoms with Gasteiger partial charge in [-0.05, 0) is 62.2 Å². The van der Waals surface area contributed by atoms with E-state index in [1.54, 1.807) is 25.3 Å². The van der Waals surface area contributed by atoms with Crippen LogP contribution in [0.5, 0.6) is 11.5 Å². The molecule has 0 spiro atoms. The summed E-state index contributed by atoms with van der Waals surface area (Å²) in [4.78, 5) is 27.0. The number of fused-ring (bicyclic) bond motifs is 1. The number of pyridine rings is 1. The van der Waals surface area contributed by atoms with Crippen molar-refractivity contribution in [2.75, 3.05) is 17.7 Å². The molecular weight excluding hydrogens is 452 g/mol. The van der Waals surface area contributed by atoms with Gasteiger partial charge in [0.1, 0.15) is 11.4 Å².